The van der Waals surface area contributed by atoms with Crippen LogP contribution < -0.4 is 4.74 Å². The summed E-state index contributed by atoms with van der Waals surface area (Å²) in [6, 6.07) is 2.12. The van der Waals surface area contributed by atoms with Crippen molar-refractivity contribution < 1.29 is 9.47 Å². The first-order valence-electron chi connectivity index (χ1n) is 5.36. The number of hydrogen-bond donors (Lipinski definition) is 0. The van der Waals surface area contributed by atoms with Crippen molar-refractivity contribution in [2.45, 2.75) is 13.3 Å². The Labute approximate surface area is 94.6 Å². The lowest BCUT2D eigenvalue weighted by Gasteiger charge is -2.10. The van der Waals surface area contributed by atoms with Crippen LogP contribution in [0, 0.1) is 24.2 Å². The molecule has 1 atom stereocenters. The second kappa shape index (κ2) is 4.54. The first-order chi connectivity index (χ1) is 7.72. The lowest BCUT2D eigenvalue weighted by atomic mass is 10.1. The van der Waals surface area contributed by atoms with Gasteiger partial charge in [-0.2, -0.15) is 10.4 Å². The molecule has 1 saturated heterocycles. The van der Waals surface area contributed by atoms with E-state index in [2.05, 4.69) is 11.2 Å². The van der Waals surface area contributed by atoms with E-state index in [4.69, 9.17) is 14.7 Å². The summed E-state index contributed by atoms with van der Waals surface area (Å²) in [5.41, 5.74) is 1.24. The third-order valence-electron chi connectivity index (χ3n) is 2.76. The molecule has 0 bridgehead atoms. The topological polar surface area (TPSA) is 60.1 Å². The van der Waals surface area contributed by atoms with Crippen molar-refractivity contribution in [1.82, 2.24) is 9.78 Å². The molecule has 0 N–H and O–H groups in total. The molecule has 1 aromatic rings. The van der Waals surface area contributed by atoms with Crippen LogP contribution in [0.2, 0.25) is 0 Å². The Morgan fingerprint density at radius 2 is 2.50 bits per heavy atom. The zero-order chi connectivity index (χ0) is 11.5. The van der Waals surface area contributed by atoms with Gasteiger partial charge in [0.05, 0.1) is 18.9 Å². The summed E-state index contributed by atoms with van der Waals surface area (Å²) in [5.74, 6) is 0.994. The minimum atomic E-state index is 0.432. The van der Waals surface area contributed by atoms with Gasteiger partial charge in [-0.1, -0.05) is 0 Å². The molecule has 1 aliphatic heterocycles. The van der Waals surface area contributed by atoms with Gasteiger partial charge in [-0.25, -0.2) is 4.68 Å². The first kappa shape index (κ1) is 11.0. The Balaban J connectivity index is 2.06. The van der Waals surface area contributed by atoms with E-state index in [-0.39, 0.29) is 0 Å². The molecular weight excluding hydrogens is 206 g/mol. The molecule has 1 fully saturated rings. The smallest absolute Gasteiger partial charge is 0.230 e. The largest absolute Gasteiger partial charge is 0.477 e. The van der Waals surface area contributed by atoms with E-state index in [1.807, 2.05) is 6.92 Å². The van der Waals surface area contributed by atoms with Crippen LogP contribution in [0.5, 0.6) is 5.88 Å². The number of nitriles is 1. The van der Waals surface area contributed by atoms with Gasteiger partial charge >= 0.3 is 0 Å². The maximum Gasteiger partial charge on any atom is 0.230 e. The molecule has 0 radical (unpaired) electrons. The minimum Gasteiger partial charge on any atom is -0.477 e. The van der Waals surface area contributed by atoms with Crippen LogP contribution in [-0.2, 0) is 11.8 Å². The van der Waals surface area contributed by atoms with Crippen molar-refractivity contribution in [3.63, 3.8) is 0 Å². The summed E-state index contributed by atoms with van der Waals surface area (Å²) in [4.78, 5) is 0. The molecule has 0 aromatic carbocycles. The fourth-order valence-corrected chi connectivity index (χ4v) is 1.84. The summed E-state index contributed by atoms with van der Waals surface area (Å²) < 4.78 is 12.5. The lowest BCUT2D eigenvalue weighted by Crippen LogP contribution is -2.13. The van der Waals surface area contributed by atoms with Crippen LogP contribution in [0.3, 0.4) is 0 Å². The van der Waals surface area contributed by atoms with Gasteiger partial charge in [0.15, 0.2) is 0 Å². The Morgan fingerprint density at radius 3 is 3.12 bits per heavy atom. The van der Waals surface area contributed by atoms with Crippen LogP contribution >= 0.6 is 0 Å². The molecule has 16 heavy (non-hydrogen) atoms. The van der Waals surface area contributed by atoms with Crippen molar-refractivity contribution in [2.24, 2.45) is 13.0 Å². The Bertz CT molecular complexity index is 414. The average molecular weight is 221 g/mol. The van der Waals surface area contributed by atoms with Crippen LogP contribution in [0.25, 0.3) is 0 Å². The molecule has 0 saturated carbocycles. The second-order valence-corrected chi connectivity index (χ2v) is 4.04. The second-order valence-electron chi connectivity index (χ2n) is 4.04. The van der Waals surface area contributed by atoms with Gasteiger partial charge in [-0.05, 0) is 13.3 Å². The molecule has 86 valence electrons. The predicted molar refractivity (Wildman–Crippen MR) is 57.1 cm³/mol. The maximum atomic E-state index is 9.00. The van der Waals surface area contributed by atoms with Crippen molar-refractivity contribution in [3.8, 4) is 11.9 Å². The van der Waals surface area contributed by atoms with Gasteiger partial charge in [0, 0.05) is 19.6 Å². The van der Waals surface area contributed by atoms with Gasteiger partial charge in [-0.15, -0.1) is 0 Å². The maximum absolute atomic E-state index is 9.00. The molecule has 1 aromatic heterocycles. The summed E-state index contributed by atoms with van der Waals surface area (Å²) >= 11 is 0. The number of aromatic nitrogens is 2. The van der Waals surface area contributed by atoms with Crippen molar-refractivity contribution in [3.05, 3.63) is 11.3 Å². The number of rotatable bonds is 3. The van der Waals surface area contributed by atoms with Gasteiger partial charge in [0.2, 0.25) is 5.88 Å². The van der Waals surface area contributed by atoms with Crippen molar-refractivity contribution in [1.29, 1.82) is 5.26 Å². The zero-order valence-corrected chi connectivity index (χ0v) is 9.56. The van der Waals surface area contributed by atoms with E-state index in [0.29, 0.717) is 29.7 Å². The van der Waals surface area contributed by atoms with Gasteiger partial charge < -0.3 is 9.47 Å². The third kappa shape index (κ3) is 2.02. The minimum absolute atomic E-state index is 0.432. The summed E-state index contributed by atoms with van der Waals surface area (Å²) in [6.45, 7) is 3.96. The number of ether oxygens (including phenoxy) is 2. The summed E-state index contributed by atoms with van der Waals surface area (Å²) in [6.07, 6.45) is 1.03. The quantitative estimate of drug-likeness (QED) is 0.764. The van der Waals surface area contributed by atoms with E-state index < -0.39 is 0 Å². The molecular formula is C11H15N3O2. The number of hydrogen-bond acceptors (Lipinski definition) is 4. The predicted octanol–water partition coefficient (Wildman–Crippen LogP) is 1.02. The Morgan fingerprint density at radius 1 is 1.69 bits per heavy atom. The van der Waals surface area contributed by atoms with Crippen LogP contribution in [0.1, 0.15) is 17.7 Å². The van der Waals surface area contributed by atoms with Crippen LogP contribution in [0.15, 0.2) is 0 Å². The standard InChI is InChI=1S/C11H15N3O2/c1-8-10(5-12)11(14(2)13-8)16-7-9-3-4-15-6-9/h9H,3-4,6-7H2,1-2H3. The molecule has 1 aliphatic rings. The monoisotopic (exact) mass is 221 g/mol. The van der Waals surface area contributed by atoms with E-state index in [1.165, 1.54) is 0 Å². The number of aryl methyl sites for hydroxylation is 2. The molecule has 2 rings (SSSR count). The zero-order valence-electron chi connectivity index (χ0n) is 9.56. The van der Waals surface area contributed by atoms with Gasteiger partial charge in [0.1, 0.15) is 11.6 Å². The summed E-state index contributed by atoms with van der Waals surface area (Å²) in [5, 5.41) is 13.2. The molecule has 0 spiro atoms. The fourth-order valence-electron chi connectivity index (χ4n) is 1.84. The highest BCUT2D eigenvalue weighted by molar-refractivity contribution is 5.41. The first-order valence-corrected chi connectivity index (χ1v) is 5.36. The number of nitrogens with zero attached hydrogens (tertiary/aromatic N) is 3. The SMILES string of the molecule is Cc1nn(C)c(OCC2CCOC2)c1C#N. The van der Waals surface area contributed by atoms with E-state index in [0.717, 1.165) is 19.6 Å². The molecule has 1 unspecified atom stereocenters. The molecule has 5 heteroatoms. The van der Waals surface area contributed by atoms with Gasteiger partial charge in [0.25, 0.3) is 0 Å². The Kier molecular flexibility index (Phi) is 3.11. The summed E-state index contributed by atoms with van der Waals surface area (Å²) in [7, 11) is 1.79. The lowest BCUT2D eigenvalue weighted by molar-refractivity contribution is 0.163. The molecule has 5 nitrogen and oxygen atoms in total. The molecule has 2 heterocycles. The highest BCUT2D eigenvalue weighted by Gasteiger charge is 2.19. The van der Waals surface area contributed by atoms with Crippen molar-refractivity contribution in [2.75, 3.05) is 19.8 Å². The van der Waals surface area contributed by atoms with E-state index in [9.17, 15) is 0 Å². The van der Waals surface area contributed by atoms with Crippen LogP contribution in [-0.4, -0.2) is 29.6 Å². The van der Waals surface area contributed by atoms with E-state index in [1.54, 1.807) is 11.7 Å². The highest BCUT2D eigenvalue weighted by Crippen LogP contribution is 2.22. The normalized spacial score (nSPS) is 19.7. The Hall–Kier alpha value is -1.54. The van der Waals surface area contributed by atoms with Crippen LogP contribution in [0.4, 0.5) is 0 Å². The fraction of sp³-hybridized carbons (Fsp3) is 0.636. The highest BCUT2D eigenvalue weighted by atomic mass is 16.5. The molecule has 0 aliphatic carbocycles. The van der Waals surface area contributed by atoms with Gasteiger partial charge in [-0.3, -0.25) is 0 Å². The third-order valence-corrected chi connectivity index (χ3v) is 2.76. The van der Waals surface area contributed by atoms with E-state index >= 15 is 0 Å². The molecule has 0 amide bonds. The average Bonchev–Trinajstić information content (AvgIpc) is 2.83. The van der Waals surface area contributed by atoms with Crippen molar-refractivity contribution >= 4 is 0 Å².